The van der Waals surface area contributed by atoms with E-state index in [0.717, 1.165) is 0 Å². The minimum absolute atomic E-state index is 0.0103. The highest BCUT2D eigenvalue weighted by Gasteiger charge is 2.25. The third-order valence-corrected chi connectivity index (χ3v) is 4.04. The van der Waals surface area contributed by atoms with Crippen LogP contribution in [-0.4, -0.2) is 10.7 Å². The molecule has 0 unspecified atom stereocenters. The van der Waals surface area contributed by atoms with Crippen LogP contribution >= 0.6 is 15.9 Å². The molecule has 0 N–H and O–H groups in total. The normalized spacial score (nSPS) is 11.9. The lowest BCUT2D eigenvalue weighted by Crippen LogP contribution is -2.21. The molecule has 1 aromatic carbocycles. The third-order valence-electron chi connectivity index (χ3n) is 3.39. The summed E-state index contributed by atoms with van der Waals surface area (Å²) in [6.07, 6.45) is 1.40. The van der Waals surface area contributed by atoms with E-state index in [2.05, 4.69) is 15.9 Å². The Kier molecular flexibility index (Phi) is 5.24. The molecule has 0 aliphatic carbocycles. The summed E-state index contributed by atoms with van der Waals surface area (Å²) >= 11 is 3.29. The first kappa shape index (κ1) is 18.6. The number of carbonyl (C=O) groups is 1. The van der Waals surface area contributed by atoms with Gasteiger partial charge in [0.15, 0.2) is 5.78 Å². The van der Waals surface area contributed by atoms with Gasteiger partial charge >= 0.3 is 0 Å². The number of furan rings is 1. The number of rotatable bonds is 4. The average molecular weight is 403 g/mol. The van der Waals surface area contributed by atoms with Crippen molar-refractivity contribution >= 4 is 33.5 Å². The number of nitro benzene ring substituents is 1. The van der Waals surface area contributed by atoms with Crippen molar-refractivity contribution < 1.29 is 14.1 Å². The minimum Gasteiger partial charge on any atom is -0.457 e. The number of benzene rings is 1. The summed E-state index contributed by atoms with van der Waals surface area (Å²) in [5.41, 5.74) is -0.0647. The van der Waals surface area contributed by atoms with Gasteiger partial charge in [-0.2, -0.15) is 5.26 Å². The smallest absolute Gasteiger partial charge is 0.270 e. The summed E-state index contributed by atoms with van der Waals surface area (Å²) in [4.78, 5) is 22.5. The molecule has 2 aromatic rings. The van der Waals surface area contributed by atoms with Crippen molar-refractivity contribution in [3.05, 3.63) is 56.3 Å². The predicted molar refractivity (Wildman–Crippen MR) is 96.6 cm³/mol. The van der Waals surface area contributed by atoms with Crippen molar-refractivity contribution in [3.8, 4) is 17.4 Å². The molecule has 0 spiro atoms. The summed E-state index contributed by atoms with van der Waals surface area (Å²) in [6, 6.07) is 9.55. The van der Waals surface area contributed by atoms with Crippen LogP contribution in [0.3, 0.4) is 0 Å². The topological polar surface area (TPSA) is 97.1 Å². The van der Waals surface area contributed by atoms with E-state index in [1.807, 2.05) is 6.07 Å². The molecule has 0 saturated carbocycles. The van der Waals surface area contributed by atoms with Gasteiger partial charge in [0.05, 0.1) is 10.5 Å². The van der Waals surface area contributed by atoms with Crippen molar-refractivity contribution in [2.45, 2.75) is 20.8 Å². The Morgan fingerprint density at radius 2 is 2.00 bits per heavy atom. The summed E-state index contributed by atoms with van der Waals surface area (Å²) in [6.45, 7) is 5.21. The van der Waals surface area contributed by atoms with E-state index in [0.29, 0.717) is 21.6 Å². The fraction of sp³-hybridized carbons (Fsp3) is 0.222. The van der Waals surface area contributed by atoms with Crippen molar-refractivity contribution in [3.63, 3.8) is 0 Å². The Labute approximate surface area is 153 Å². The van der Waals surface area contributed by atoms with E-state index in [1.54, 1.807) is 39.0 Å². The van der Waals surface area contributed by atoms with Crippen LogP contribution in [0.15, 0.2) is 44.8 Å². The van der Waals surface area contributed by atoms with E-state index in [-0.39, 0.29) is 17.0 Å². The maximum absolute atomic E-state index is 12.2. The van der Waals surface area contributed by atoms with Crippen molar-refractivity contribution in [1.29, 1.82) is 5.26 Å². The molecule has 0 saturated heterocycles. The zero-order chi connectivity index (χ0) is 18.8. The van der Waals surface area contributed by atoms with Gasteiger partial charge in [-0.05, 0) is 34.1 Å². The van der Waals surface area contributed by atoms with Crippen LogP contribution in [0.25, 0.3) is 17.4 Å². The Morgan fingerprint density at radius 1 is 1.32 bits per heavy atom. The summed E-state index contributed by atoms with van der Waals surface area (Å²) in [7, 11) is 0. The number of ketones is 1. The number of nitro groups is 1. The monoisotopic (exact) mass is 402 g/mol. The molecule has 25 heavy (non-hydrogen) atoms. The zero-order valence-electron chi connectivity index (χ0n) is 13.9. The Bertz CT molecular complexity index is 914. The second-order valence-electron chi connectivity index (χ2n) is 6.37. The Balaban J connectivity index is 2.38. The number of halogens is 1. The molecule has 0 fully saturated rings. The van der Waals surface area contributed by atoms with Crippen LogP contribution < -0.4 is 0 Å². The summed E-state index contributed by atoms with van der Waals surface area (Å²) in [5.74, 6) is 0.549. The van der Waals surface area contributed by atoms with Crippen molar-refractivity contribution in [1.82, 2.24) is 0 Å². The molecule has 128 valence electrons. The van der Waals surface area contributed by atoms with Gasteiger partial charge < -0.3 is 4.42 Å². The second-order valence-corrected chi connectivity index (χ2v) is 7.23. The highest BCUT2D eigenvalue weighted by molar-refractivity contribution is 9.10. The molecule has 1 heterocycles. The number of hydrogen-bond donors (Lipinski definition) is 0. The van der Waals surface area contributed by atoms with Crippen molar-refractivity contribution in [2.75, 3.05) is 0 Å². The van der Waals surface area contributed by atoms with Gasteiger partial charge in [0.2, 0.25) is 0 Å². The standard InChI is InChI=1S/C18H15BrN2O4/c1-18(2,3)17(22)11(10-20)8-13-5-7-16(25-13)14-6-4-12(21(23)24)9-15(14)19/h4-9H,1-3H3. The lowest BCUT2D eigenvalue weighted by Gasteiger charge is -2.15. The van der Waals surface area contributed by atoms with Gasteiger partial charge in [-0.1, -0.05) is 20.8 Å². The fourth-order valence-electron chi connectivity index (χ4n) is 2.09. The maximum atomic E-state index is 12.2. The van der Waals surface area contributed by atoms with Crippen LogP contribution in [0.4, 0.5) is 5.69 Å². The molecule has 0 radical (unpaired) electrons. The molecule has 0 aliphatic rings. The van der Waals surface area contributed by atoms with E-state index >= 15 is 0 Å². The number of allylic oxidation sites excluding steroid dienone is 1. The van der Waals surface area contributed by atoms with E-state index in [9.17, 15) is 20.2 Å². The second kappa shape index (κ2) is 7.03. The summed E-state index contributed by atoms with van der Waals surface area (Å²) < 4.78 is 6.18. The van der Waals surface area contributed by atoms with Gasteiger partial charge in [0, 0.05) is 33.7 Å². The molecule has 7 heteroatoms. The first-order valence-electron chi connectivity index (χ1n) is 7.34. The van der Waals surface area contributed by atoms with E-state index < -0.39 is 10.3 Å². The molecular formula is C18H15BrN2O4. The van der Waals surface area contributed by atoms with Crippen LogP contribution in [0.5, 0.6) is 0 Å². The number of carbonyl (C=O) groups excluding carboxylic acids is 1. The van der Waals surface area contributed by atoms with E-state index in [4.69, 9.17) is 4.42 Å². The highest BCUT2D eigenvalue weighted by Crippen LogP contribution is 2.33. The molecule has 0 amide bonds. The van der Waals surface area contributed by atoms with Crippen LogP contribution in [0.1, 0.15) is 26.5 Å². The number of nitrogens with zero attached hydrogens (tertiary/aromatic N) is 2. The summed E-state index contributed by atoms with van der Waals surface area (Å²) in [5, 5.41) is 20.0. The van der Waals surface area contributed by atoms with Gasteiger partial charge in [-0.25, -0.2) is 0 Å². The lowest BCUT2D eigenvalue weighted by atomic mass is 9.86. The van der Waals surface area contributed by atoms with Gasteiger partial charge in [-0.15, -0.1) is 0 Å². The first-order chi connectivity index (χ1) is 11.6. The highest BCUT2D eigenvalue weighted by atomic mass is 79.9. The number of hydrogen-bond acceptors (Lipinski definition) is 5. The third kappa shape index (κ3) is 4.22. The molecular weight excluding hydrogens is 388 g/mol. The van der Waals surface area contributed by atoms with Gasteiger partial charge in [0.1, 0.15) is 17.6 Å². The molecule has 0 atom stereocenters. The minimum atomic E-state index is -0.668. The Hall–Kier alpha value is -2.72. The SMILES string of the molecule is CC(C)(C)C(=O)C(C#N)=Cc1ccc(-c2ccc([N+](=O)[O-])cc2Br)o1. The molecule has 0 bridgehead atoms. The lowest BCUT2D eigenvalue weighted by molar-refractivity contribution is -0.384. The quantitative estimate of drug-likeness (QED) is 0.305. The van der Waals surface area contributed by atoms with Gasteiger partial charge in [-0.3, -0.25) is 14.9 Å². The fourth-order valence-corrected chi connectivity index (χ4v) is 2.65. The van der Waals surface area contributed by atoms with Crippen LogP contribution in [0.2, 0.25) is 0 Å². The largest absolute Gasteiger partial charge is 0.457 e. The van der Waals surface area contributed by atoms with Crippen molar-refractivity contribution in [2.24, 2.45) is 5.41 Å². The van der Waals surface area contributed by atoms with Gasteiger partial charge in [0.25, 0.3) is 5.69 Å². The van der Waals surface area contributed by atoms with E-state index in [1.165, 1.54) is 18.2 Å². The molecule has 2 rings (SSSR count). The predicted octanol–water partition coefficient (Wildman–Crippen LogP) is 5.14. The molecule has 6 nitrogen and oxygen atoms in total. The number of Topliss-reactive ketones (excluding diaryl/α,β-unsaturated/α-hetero) is 1. The van der Waals surface area contributed by atoms with Crippen LogP contribution in [-0.2, 0) is 4.79 Å². The molecule has 1 aromatic heterocycles. The zero-order valence-corrected chi connectivity index (χ0v) is 15.5. The maximum Gasteiger partial charge on any atom is 0.270 e. The number of non-ortho nitro benzene ring substituents is 1. The number of nitriles is 1. The first-order valence-corrected chi connectivity index (χ1v) is 8.13. The Morgan fingerprint density at radius 3 is 2.52 bits per heavy atom. The average Bonchev–Trinajstić information content (AvgIpc) is 2.99. The van der Waals surface area contributed by atoms with Crippen LogP contribution in [0, 0.1) is 26.9 Å². The molecule has 0 aliphatic heterocycles.